The molecule has 218 valence electrons. The summed E-state index contributed by atoms with van der Waals surface area (Å²) >= 11 is 0. The van der Waals surface area contributed by atoms with Gasteiger partial charge in [0.25, 0.3) is 11.8 Å². The van der Waals surface area contributed by atoms with E-state index in [-0.39, 0.29) is 50.6 Å². The molecule has 0 aliphatic carbocycles. The number of alkyl halides is 2. The Bertz CT molecular complexity index is 1390. The topological polar surface area (TPSA) is 67.9 Å². The van der Waals surface area contributed by atoms with Crippen molar-refractivity contribution in [2.75, 3.05) is 26.2 Å². The third-order valence-electron chi connectivity index (χ3n) is 6.48. The minimum absolute atomic E-state index is 0.00502. The summed E-state index contributed by atoms with van der Waals surface area (Å²) in [6, 6.07) is 15.0. The molecule has 1 fully saturated rings. The molecule has 0 atom stereocenters. The SMILES string of the molecule is CC(C)(C)OC(=O)NCCOc1ccc(-c2ccc(C(=O)N3CCC(F)(F)CC3)cc2)cc1-c1ccc(F)cc1F. The number of alkyl carbamates (subject to hydrolysis) is 1. The molecule has 3 aromatic rings. The zero-order valence-electron chi connectivity index (χ0n) is 23.1. The highest BCUT2D eigenvalue weighted by Gasteiger charge is 2.35. The van der Waals surface area contributed by atoms with E-state index >= 15 is 0 Å². The van der Waals surface area contributed by atoms with Gasteiger partial charge in [0.05, 0.1) is 6.54 Å². The maximum atomic E-state index is 14.8. The highest BCUT2D eigenvalue weighted by molar-refractivity contribution is 5.95. The number of carbonyl (C=O) groups excluding carboxylic acids is 2. The van der Waals surface area contributed by atoms with Crippen LogP contribution in [0.3, 0.4) is 0 Å². The Labute approximate surface area is 236 Å². The first-order valence-electron chi connectivity index (χ1n) is 13.3. The van der Waals surface area contributed by atoms with Crippen molar-refractivity contribution in [2.24, 2.45) is 0 Å². The summed E-state index contributed by atoms with van der Waals surface area (Å²) in [6.07, 6.45) is -1.31. The number of likely N-dealkylation sites (tertiary alicyclic amines) is 1. The second-order valence-corrected chi connectivity index (χ2v) is 10.8. The summed E-state index contributed by atoms with van der Waals surface area (Å²) in [4.78, 5) is 26.1. The fraction of sp³-hybridized carbons (Fsp3) is 0.355. The Morgan fingerprint density at radius 1 is 0.902 bits per heavy atom. The zero-order valence-corrected chi connectivity index (χ0v) is 23.1. The lowest BCUT2D eigenvalue weighted by atomic mass is 9.97. The first-order valence-corrected chi connectivity index (χ1v) is 13.3. The third kappa shape index (κ3) is 7.99. The summed E-state index contributed by atoms with van der Waals surface area (Å²) in [5.74, 6) is -4.23. The lowest BCUT2D eigenvalue weighted by molar-refractivity contribution is -0.0494. The molecule has 1 aliphatic rings. The summed E-state index contributed by atoms with van der Waals surface area (Å²) in [7, 11) is 0. The van der Waals surface area contributed by atoms with Crippen LogP contribution in [0, 0.1) is 11.6 Å². The van der Waals surface area contributed by atoms with Gasteiger partial charge in [0.2, 0.25) is 0 Å². The van der Waals surface area contributed by atoms with Gasteiger partial charge in [-0.05, 0) is 68.3 Å². The normalized spacial score (nSPS) is 14.9. The van der Waals surface area contributed by atoms with Crippen molar-refractivity contribution < 1.29 is 36.6 Å². The van der Waals surface area contributed by atoms with Crippen LogP contribution in [0.25, 0.3) is 22.3 Å². The number of piperidine rings is 1. The number of carbonyl (C=O) groups is 2. The first kappa shape index (κ1) is 29.9. The molecule has 0 unspecified atom stereocenters. The monoisotopic (exact) mass is 572 g/mol. The molecule has 0 spiro atoms. The van der Waals surface area contributed by atoms with Crippen molar-refractivity contribution in [3.05, 3.63) is 77.9 Å². The minimum Gasteiger partial charge on any atom is -0.491 e. The van der Waals surface area contributed by atoms with Crippen molar-refractivity contribution in [3.63, 3.8) is 0 Å². The Balaban J connectivity index is 1.52. The molecule has 0 saturated carbocycles. The predicted octanol–water partition coefficient (Wildman–Crippen LogP) is 7.07. The quantitative estimate of drug-likeness (QED) is 0.243. The van der Waals surface area contributed by atoms with E-state index in [9.17, 15) is 27.2 Å². The van der Waals surface area contributed by atoms with E-state index in [0.29, 0.717) is 28.0 Å². The molecule has 3 aromatic carbocycles. The average molecular weight is 573 g/mol. The number of nitrogens with zero attached hydrogens (tertiary/aromatic N) is 1. The summed E-state index contributed by atoms with van der Waals surface area (Å²) in [5, 5.41) is 2.59. The van der Waals surface area contributed by atoms with Crippen LogP contribution in [0.2, 0.25) is 0 Å². The van der Waals surface area contributed by atoms with Crippen molar-refractivity contribution >= 4 is 12.0 Å². The Hall–Kier alpha value is -4.08. The van der Waals surface area contributed by atoms with Gasteiger partial charge < -0.3 is 19.7 Å². The predicted molar refractivity (Wildman–Crippen MR) is 147 cm³/mol. The molecule has 1 N–H and O–H groups in total. The van der Waals surface area contributed by atoms with Crippen LogP contribution in [-0.4, -0.2) is 54.7 Å². The van der Waals surface area contributed by atoms with Gasteiger partial charge in [-0.1, -0.05) is 18.2 Å². The Morgan fingerprint density at radius 2 is 1.56 bits per heavy atom. The number of hydrogen-bond donors (Lipinski definition) is 1. The van der Waals surface area contributed by atoms with Crippen LogP contribution in [0.4, 0.5) is 22.4 Å². The number of amides is 2. The Morgan fingerprint density at radius 3 is 2.20 bits per heavy atom. The molecule has 1 aliphatic heterocycles. The molecule has 41 heavy (non-hydrogen) atoms. The van der Waals surface area contributed by atoms with Gasteiger partial charge in [0, 0.05) is 48.7 Å². The van der Waals surface area contributed by atoms with Crippen LogP contribution in [0.15, 0.2) is 60.7 Å². The molecule has 1 heterocycles. The minimum atomic E-state index is -2.74. The van der Waals surface area contributed by atoms with E-state index in [1.807, 2.05) is 0 Å². The van der Waals surface area contributed by atoms with Crippen molar-refractivity contribution in [1.82, 2.24) is 10.2 Å². The van der Waals surface area contributed by atoms with Gasteiger partial charge in [-0.25, -0.2) is 22.4 Å². The van der Waals surface area contributed by atoms with E-state index < -0.39 is 29.3 Å². The number of rotatable bonds is 7. The average Bonchev–Trinajstić information content (AvgIpc) is 2.90. The smallest absolute Gasteiger partial charge is 0.407 e. The van der Waals surface area contributed by atoms with Gasteiger partial charge in [0.1, 0.15) is 29.6 Å². The van der Waals surface area contributed by atoms with E-state index in [1.165, 1.54) is 11.0 Å². The van der Waals surface area contributed by atoms with Crippen LogP contribution in [0.5, 0.6) is 5.75 Å². The van der Waals surface area contributed by atoms with Crippen molar-refractivity contribution in [1.29, 1.82) is 0 Å². The summed E-state index contributed by atoms with van der Waals surface area (Å²) in [5.41, 5.74) is 1.61. The molecule has 2 amide bonds. The maximum Gasteiger partial charge on any atom is 0.407 e. The van der Waals surface area contributed by atoms with Crippen molar-refractivity contribution in [3.8, 4) is 28.0 Å². The van der Waals surface area contributed by atoms with Crippen LogP contribution >= 0.6 is 0 Å². The highest BCUT2D eigenvalue weighted by Crippen LogP contribution is 2.36. The molecular weight excluding hydrogens is 540 g/mol. The summed E-state index contributed by atoms with van der Waals surface area (Å²) in [6.45, 7) is 5.43. The fourth-order valence-electron chi connectivity index (χ4n) is 4.41. The number of ether oxygens (including phenoxy) is 2. The van der Waals surface area contributed by atoms with E-state index in [4.69, 9.17) is 9.47 Å². The first-order chi connectivity index (χ1) is 19.3. The second kappa shape index (κ2) is 12.2. The number of hydrogen-bond acceptors (Lipinski definition) is 4. The lowest BCUT2D eigenvalue weighted by Gasteiger charge is -2.31. The van der Waals surface area contributed by atoms with Gasteiger partial charge in [-0.15, -0.1) is 0 Å². The van der Waals surface area contributed by atoms with E-state index in [1.54, 1.807) is 63.2 Å². The number of benzene rings is 3. The van der Waals surface area contributed by atoms with Crippen LogP contribution in [0.1, 0.15) is 44.0 Å². The van der Waals surface area contributed by atoms with Crippen LogP contribution in [-0.2, 0) is 4.74 Å². The molecule has 4 rings (SSSR count). The molecule has 6 nitrogen and oxygen atoms in total. The standard InChI is InChI=1S/C31H32F4N2O4/c1-30(2,3)41-29(39)36-14-17-40-27-11-8-22(18-25(27)24-10-9-23(32)19-26(24)33)20-4-6-21(7-5-20)28(38)37-15-12-31(34,35)13-16-37/h4-11,18-19H,12-17H2,1-3H3,(H,36,39). The molecule has 0 aromatic heterocycles. The van der Waals surface area contributed by atoms with E-state index in [0.717, 1.165) is 12.1 Å². The largest absolute Gasteiger partial charge is 0.491 e. The van der Waals surface area contributed by atoms with E-state index in [2.05, 4.69) is 5.32 Å². The molecular formula is C31H32F4N2O4. The number of nitrogens with one attached hydrogen (secondary N) is 1. The van der Waals surface area contributed by atoms with Crippen molar-refractivity contribution in [2.45, 2.75) is 45.1 Å². The lowest BCUT2D eigenvalue weighted by Crippen LogP contribution is -2.42. The van der Waals surface area contributed by atoms with Crippen LogP contribution < -0.4 is 10.1 Å². The van der Waals surface area contributed by atoms with Gasteiger partial charge in [-0.2, -0.15) is 0 Å². The second-order valence-electron chi connectivity index (χ2n) is 10.8. The van der Waals surface area contributed by atoms with Gasteiger partial charge >= 0.3 is 6.09 Å². The third-order valence-corrected chi connectivity index (χ3v) is 6.48. The maximum absolute atomic E-state index is 14.8. The molecule has 0 radical (unpaired) electrons. The number of halogens is 4. The Kier molecular flexibility index (Phi) is 8.89. The van der Waals surface area contributed by atoms with Gasteiger partial charge in [-0.3, -0.25) is 4.79 Å². The highest BCUT2D eigenvalue weighted by atomic mass is 19.3. The molecule has 10 heteroatoms. The zero-order chi connectivity index (χ0) is 29.8. The fourth-order valence-corrected chi connectivity index (χ4v) is 4.41. The summed E-state index contributed by atoms with van der Waals surface area (Å²) < 4.78 is 66.4. The van der Waals surface area contributed by atoms with Gasteiger partial charge in [0.15, 0.2) is 0 Å². The molecule has 1 saturated heterocycles. The molecule has 0 bridgehead atoms.